The van der Waals surface area contributed by atoms with Gasteiger partial charge in [0.05, 0.1) is 0 Å². The van der Waals surface area contributed by atoms with Crippen molar-refractivity contribution in [2.24, 2.45) is 11.3 Å². The number of carbonyl (C=O) groups is 2. The molecule has 94 valence electrons. The summed E-state index contributed by atoms with van der Waals surface area (Å²) in [5.74, 6) is -2.32. The number of carbonyl (C=O) groups excluding carboxylic acids is 1. The molecular weight excluding hydrogens is 206 g/mol. The smallest absolute Gasteiger partial charge is 0.316 e. The molecule has 0 heterocycles. The van der Waals surface area contributed by atoms with Crippen LogP contribution in [0.1, 0.15) is 41.5 Å². The molecule has 0 aromatic carbocycles. The van der Waals surface area contributed by atoms with Crippen LogP contribution in [-0.2, 0) is 9.59 Å². The third kappa shape index (κ3) is 3.51. The number of carboxylic acid groups (broad SMARTS) is 1. The molecule has 0 aliphatic heterocycles. The molecular formula is C12H23NO3. The summed E-state index contributed by atoms with van der Waals surface area (Å²) in [4.78, 5) is 24.9. The van der Waals surface area contributed by atoms with Gasteiger partial charge in [0.1, 0.15) is 5.92 Å². The van der Waals surface area contributed by atoms with E-state index in [1.165, 1.54) is 0 Å². The van der Waals surface area contributed by atoms with Gasteiger partial charge in [0, 0.05) is 12.6 Å². The molecule has 1 atom stereocenters. The van der Waals surface area contributed by atoms with E-state index in [9.17, 15) is 9.59 Å². The number of amides is 1. The molecule has 0 aliphatic carbocycles. The number of rotatable bonds is 4. The van der Waals surface area contributed by atoms with E-state index in [1.54, 1.807) is 25.7 Å². The first-order valence-corrected chi connectivity index (χ1v) is 5.66. The van der Waals surface area contributed by atoms with Crippen LogP contribution in [0.5, 0.6) is 0 Å². The molecule has 1 amide bonds. The Morgan fingerprint density at radius 3 is 1.88 bits per heavy atom. The van der Waals surface area contributed by atoms with Crippen LogP contribution in [0.2, 0.25) is 0 Å². The van der Waals surface area contributed by atoms with E-state index in [0.29, 0.717) is 6.54 Å². The van der Waals surface area contributed by atoms with E-state index in [1.807, 2.05) is 20.8 Å². The molecule has 4 nitrogen and oxygen atoms in total. The van der Waals surface area contributed by atoms with Gasteiger partial charge < -0.3 is 10.0 Å². The largest absolute Gasteiger partial charge is 0.481 e. The Hall–Kier alpha value is -1.06. The monoisotopic (exact) mass is 229 g/mol. The fourth-order valence-corrected chi connectivity index (χ4v) is 1.79. The predicted molar refractivity (Wildman–Crippen MR) is 63.1 cm³/mol. The van der Waals surface area contributed by atoms with E-state index in [4.69, 9.17) is 5.11 Å². The summed E-state index contributed by atoms with van der Waals surface area (Å²) < 4.78 is 0. The van der Waals surface area contributed by atoms with Crippen molar-refractivity contribution < 1.29 is 14.7 Å². The van der Waals surface area contributed by atoms with Crippen LogP contribution in [0, 0.1) is 11.3 Å². The van der Waals surface area contributed by atoms with Gasteiger partial charge in [0.25, 0.3) is 0 Å². The van der Waals surface area contributed by atoms with Gasteiger partial charge in [-0.05, 0) is 26.2 Å². The van der Waals surface area contributed by atoms with Crippen molar-refractivity contribution in [1.29, 1.82) is 0 Å². The SMILES string of the molecule is CCN(C(=O)C(C(=O)O)C(C)(C)C)C(C)C. The van der Waals surface area contributed by atoms with Crippen LogP contribution < -0.4 is 0 Å². The topological polar surface area (TPSA) is 57.6 Å². The van der Waals surface area contributed by atoms with E-state index in [2.05, 4.69) is 0 Å². The highest BCUT2D eigenvalue weighted by Crippen LogP contribution is 2.28. The molecule has 0 saturated carbocycles. The third-order valence-corrected chi connectivity index (χ3v) is 2.61. The Morgan fingerprint density at radius 1 is 1.25 bits per heavy atom. The summed E-state index contributed by atoms with van der Waals surface area (Å²) in [5, 5.41) is 9.16. The Labute approximate surface area is 97.6 Å². The van der Waals surface area contributed by atoms with Gasteiger partial charge in [-0.1, -0.05) is 20.8 Å². The fraction of sp³-hybridized carbons (Fsp3) is 0.833. The molecule has 16 heavy (non-hydrogen) atoms. The average Bonchev–Trinajstić information content (AvgIpc) is 1.99. The summed E-state index contributed by atoms with van der Waals surface area (Å²) in [6.07, 6.45) is 0. The van der Waals surface area contributed by atoms with Gasteiger partial charge in [-0.3, -0.25) is 9.59 Å². The van der Waals surface area contributed by atoms with Gasteiger partial charge in [-0.15, -0.1) is 0 Å². The van der Waals surface area contributed by atoms with Crippen molar-refractivity contribution in [2.45, 2.75) is 47.6 Å². The Morgan fingerprint density at radius 2 is 1.69 bits per heavy atom. The van der Waals surface area contributed by atoms with Crippen molar-refractivity contribution in [3.63, 3.8) is 0 Å². The summed E-state index contributed by atoms with van der Waals surface area (Å²) in [5.41, 5.74) is -0.564. The van der Waals surface area contributed by atoms with E-state index in [-0.39, 0.29) is 11.9 Å². The Bertz CT molecular complexity index is 266. The molecule has 0 aromatic heterocycles. The van der Waals surface area contributed by atoms with Crippen LogP contribution >= 0.6 is 0 Å². The first-order chi connectivity index (χ1) is 7.12. The standard InChI is InChI=1S/C12H23NO3/c1-7-13(8(2)3)10(14)9(11(15)16)12(4,5)6/h8-9H,7H2,1-6H3,(H,15,16). The minimum atomic E-state index is -1.04. The van der Waals surface area contributed by atoms with Crippen LogP contribution in [0.4, 0.5) is 0 Å². The van der Waals surface area contributed by atoms with Gasteiger partial charge in [-0.2, -0.15) is 0 Å². The number of hydrogen-bond acceptors (Lipinski definition) is 2. The third-order valence-electron chi connectivity index (χ3n) is 2.61. The molecule has 0 rings (SSSR count). The summed E-state index contributed by atoms with van der Waals surface area (Å²) in [6, 6.07) is 0.0294. The van der Waals surface area contributed by atoms with E-state index < -0.39 is 17.3 Å². The summed E-state index contributed by atoms with van der Waals surface area (Å²) in [6.45, 7) is 11.5. The highest BCUT2D eigenvalue weighted by molar-refractivity contribution is 5.97. The van der Waals surface area contributed by atoms with E-state index in [0.717, 1.165) is 0 Å². The maximum absolute atomic E-state index is 12.1. The number of hydrogen-bond donors (Lipinski definition) is 1. The quantitative estimate of drug-likeness (QED) is 0.750. The first-order valence-electron chi connectivity index (χ1n) is 5.66. The second kappa shape index (κ2) is 5.32. The molecule has 0 spiro atoms. The minimum Gasteiger partial charge on any atom is -0.481 e. The van der Waals surface area contributed by atoms with Gasteiger partial charge in [0.2, 0.25) is 5.91 Å². The zero-order valence-electron chi connectivity index (χ0n) is 11.1. The molecule has 1 N–H and O–H groups in total. The first kappa shape index (κ1) is 14.9. The zero-order chi connectivity index (χ0) is 13.1. The molecule has 0 bridgehead atoms. The number of nitrogens with zero attached hydrogens (tertiary/aromatic N) is 1. The van der Waals surface area contributed by atoms with Gasteiger partial charge in [-0.25, -0.2) is 0 Å². The maximum atomic E-state index is 12.1. The predicted octanol–water partition coefficient (Wildman–Crippen LogP) is 1.99. The van der Waals surface area contributed by atoms with Crippen LogP contribution in [0.15, 0.2) is 0 Å². The number of aliphatic carboxylic acids is 1. The highest BCUT2D eigenvalue weighted by Gasteiger charge is 2.40. The Kier molecular flexibility index (Phi) is 4.97. The Balaban J connectivity index is 5.10. The second-order valence-electron chi connectivity index (χ2n) is 5.36. The lowest BCUT2D eigenvalue weighted by molar-refractivity contribution is -0.156. The fourth-order valence-electron chi connectivity index (χ4n) is 1.79. The van der Waals surface area contributed by atoms with Crippen LogP contribution in [0.25, 0.3) is 0 Å². The molecule has 0 aliphatic rings. The molecule has 4 heteroatoms. The molecule has 0 radical (unpaired) electrons. The van der Waals surface area contributed by atoms with Crippen molar-refractivity contribution in [2.75, 3.05) is 6.54 Å². The lowest BCUT2D eigenvalue weighted by Gasteiger charge is -2.33. The average molecular weight is 229 g/mol. The van der Waals surface area contributed by atoms with Crippen LogP contribution in [0.3, 0.4) is 0 Å². The van der Waals surface area contributed by atoms with E-state index >= 15 is 0 Å². The molecule has 0 fully saturated rings. The molecule has 1 unspecified atom stereocenters. The van der Waals surface area contributed by atoms with Crippen molar-refractivity contribution in [3.8, 4) is 0 Å². The lowest BCUT2D eigenvalue weighted by Crippen LogP contribution is -2.47. The van der Waals surface area contributed by atoms with Crippen molar-refractivity contribution in [1.82, 2.24) is 4.90 Å². The minimum absolute atomic E-state index is 0.0294. The van der Waals surface area contributed by atoms with Crippen molar-refractivity contribution in [3.05, 3.63) is 0 Å². The molecule has 0 saturated heterocycles. The number of carboxylic acids is 1. The molecule has 0 aromatic rings. The highest BCUT2D eigenvalue weighted by atomic mass is 16.4. The second-order valence-corrected chi connectivity index (χ2v) is 5.36. The lowest BCUT2D eigenvalue weighted by atomic mass is 9.79. The van der Waals surface area contributed by atoms with Crippen molar-refractivity contribution >= 4 is 11.9 Å². The summed E-state index contributed by atoms with van der Waals surface area (Å²) in [7, 11) is 0. The maximum Gasteiger partial charge on any atom is 0.316 e. The van der Waals surface area contributed by atoms with Gasteiger partial charge in [0.15, 0.2) is 0 Å². The summed E-state index contributed by atoms with van der Waals surface area (Å²) >= 11 is 0. The van der Waals surface area contributed by atoms with Crippen LogP contribution in [-0.4, -0.2) is 34.5 Å². The zero-order valence-corrected chi connectivity index (χ0v) is 11.1. The van der Waals surface area contributed by atoms with Gasteiger partial charge >= 0.3 is 5.97 Å². The normalized spacial score (nSPS) is 13.7.